The molecular formula is C21H13F3N2O3. The van der Waals surface area contributed by atoms with Gasteiger partial charge in [-0.2, -0.15) is 13.2 Å². The number of hydrogen-bond acceptors (Lipinski definition) is 4. The first kappa shape index (κ1) is 18.5. The maximum atomic E-state index is 13.1. The van der Waals surface area contributed by atoms with Gasteiger partial charge in [0.2, 0.25) is 0 Å². The topological polar surface area (TPSA) is 73.1 Å². The summed E-state index contributed by atoms with van der Waals surface area (Å²) >= 11 is 0. The summed E-state index contributed by atoms with van der Waals surface area (Å²) in [5, 5.41) is 19.3. The first-order valence-electron chi connectivity index (χ1n) is 8.47. The van der Waals surface area contributed by atoms with Crippen molar-refractivity contribution in [2.75, 3.05) is 4.90 Å². The Morgan fingerprint density at radius 2 is 1.55 bits per heavy atom. The van der Waals surface area contributed by atoms with Crippen molar-refractivity contribution in [2.24, 2.45) is 4.99 Å². The van der Waals surface area contributed by atoms with Crippen molar-refractivity contribution in [2.45, 2.75) is 6.18 Å². The second-order valence-electron chi connectivity index (χ2n) is 6.37. The van der Waals surface area contributed by atoms with Gasteiger partial charge in [0.05, 0.1) is 16.9 Å². The molecule has 0 saturated heterocycles. The van der Waals surface area contributed by atoms with E-state index in [-0.39, 0.29) is 22.9 Å². The van der Waals surface area contributed by atoms with Gasteiger partial charge in [-0.1, -0.05) is 6.07 Å². The summed E-state index contributed by atoms with van der Waals surface area (Å²) in [6.07, 6.45) is -4.54. The molecule has 5 nitrogen and oxygen atoms in total. The first-order chi connectivity index (χ1) is 13.7. The van der Waals surface area contributed by atoms with Crippen molar-refractivity contribution >= 4 is 28.7 Å². The molecule has 1 aliphatic rings. The van der Waals surface area contributed by atoms with Crippen LogP contribution in [0.1, 0.15) is 11.1 Å². The van der Waals surface area contributed by atoms with E-state index < -0.39 is 17.6 Å². The number of hydrogen-bond donors (Lipinski definition) is 2. The Hall–Kier alpha value is -3.81. The van der Waals surface area contributed by atoms with Gasteiger partial charge in [0.1, 0.15) is 17.2 Å². The van der Waals surface area contributed by atoms with Gasteiger partial charge in [0, 0.05) is 11.3 Å². The normalized spacial score (nSPS) is 15.1. The molecule has 0 radical (unpaired) electrons. The smallest absolute Gasteiger partial charge is 0.416 e. The molecule has 0 unspecified atom stereocenters. The summed E-state index contributed by atoms with van der Waals surface area (Å²) in [6.45, 7) is 0. The van der Waals surface area contributed by atoms with E-state index in [0.29, 0.717) is 16.9 Å². The van der Waals surface area contributed by atoms with Crippen LogP contribution >= 0.6 is 0 Å². The number of nitrogens with zero attached hydrogens (tertiary/aromatic N) is 2. The largest absolute Gasteiger partial charge is 0.508 e. The first-order valence-corrected chi connectivity index (χ1v) is 8.47. The molecule has 0 spiro atoms. The van der Waals surface area contributed by atoms with E-state index in [4.69, 9.17) is 0 Å². The number of amides is 1. The minimum absolute atomic E-state index is 0.0178. The quantitative estimate of drug-likeness (QED) is 0.644. The van der Waals surface area contributed by atoms with E-state index in [1.807, 2.05) is 0 Å². The zero-order chi connectivity index (χ0) is 20.8. The number of alkyl halides is 3. The van der Waals surface area contributed by atoms with E-state index in [0.717, 1.165) is 12.1 Å². The van der Waals surface area contributed by atoms with Crippen LogP contribution in [0.3, 0.4) is 0 Å². The zero-order valence-electron chi connectivity index (χ0n) is 14.7. The molecule has 2 N–H and O–H groups in total. The summed E-state index contributed by atoms with van der Waals surface area (Å²) in [7, 11) is 0. The zero-order valence-corrected chi connectivity index (χ0v) is 14.7. The molecule has 1 amide bonds. The number of fused-ring (bicyclic) bond motifs is 1. The average molecular weight is 398 g/mol. The molecule has 0 aromatic heterocycles. The van der Waals surface area contributed by atoms with Crippen LogP contribution in [0.2, 0.25) is 0 Å². The number of rotatable bonds is 2. The fourth-order valence-electron chi connectivity index (χ4n) is 3.09. The van der Waals surface area contributed by atoms with Gasteiger partial charge >= 0.3 is 6.18 Å². The number of phenolic OH excluding ortho intramolecular Hbond substituents is 2. The lowest BCUT2D eigenvalue weighted by Gasteiger charge is -2.17. The highest BCUT2D eigenvalue weighted by Crippen LogP contribution is 2.39. The van der Waals surface area contributed by atoms with Crippen LogP contribution in [-0.4, -0.2) is 21.8 Å². The predicted octanol–water partition coefficient (Wildman–Crippen LogP) is 4.92. The number of carbonyl (C=O) groups is 1. The number of benzene rings is 3. The molecule has 0 atom stereocenters. The molecular weight excluding hydrogens is 385 g/mol. The highest BCUT2D eigenvalue weighted by Gasteiger charge is 2.36. The van der Waals surface area contributed by atoms with Crippen LogP contribution in [0, 0.1) is 0 Å². The van der Waals surface area contributed by atoms with Gasteiger partial charge in [-0.15, -0.1) is 0 Å². The van der Waals surface area contributed by atoms with Crippen molar-refractivity contribution in [3.8, 4) is 11.5 Å². The van der Waals surface area contributed by atoms with Crippen LogP contribution in [0.25, 0.3) is 0 Å². The van der Waals surface area contributed by atoms with E-state index in [1.54, 1.807) is 0 Å². The molecule has 0 bridgehead atoms. The molecule has 3 aromatic rings. The van der Waals surface area contributed by atoms with Crippen molar-refractivity contribution in [1.29, 1.82) is 0 Å². The maximum Gasteiger partial charge on any atom is 0.416 e. The van der Waals surface area contributed by atoms with Gasteiger partial charge in [0.25, 0.3) is 5.91 Å². The van der Waals surface area contributed by atoms with E-state index in [9.17, 15) is 28.2 Å². The van der Waals surface area contributed by atoms with Crippen molar-refractivity contribution in [3.05, 3.63) is 77.9 Å². The van der Waals surface area contributed by atoms with Crippen LogP contribution in [0.4, 0.5) is 30.2 Å². The molecule has 0 aliphatic carbocycles. The SMILES string of the molecule is O=C1/C(=N\c2cccc(C(F)(F)F)c2)c2cc(O)ccc2N1c1ccc(O)cc1. The van der Waals surface area contributed by atoms with Gasteiger partial charge < -0.3 is 10.2 Å². The molecule has 4 rings (SSSR count). The van der Waals surface area contributed by atoms with Gasteiger partial charge in [-0.05, 0) is 60.7 Å². The average Bonchev–Trinajstić information content (AvgIpc) is 2.93. The second-order valence-corrected chi connectivity index (χ2v) is 6.37. The van der Waals surface area contributed by atoms with E-state index in [1.165, 1.54) is 59.5 Å². The molecule has 29 heavy (non-hydrogen) atoms. The summed E-state index contributed by atoms with van der Waals surface area (Å²) < 4.78 is 39.0. The predicted molar refractivity (Wildman–Crippen MR) is 101 cm³/mol. The Balaban J connectivity index is 1.85. The Labute approximate surface area is 163 Å². The summed E-state index contributed by atoms with van der Waals surface area (Å²) in [5.41, 5.74) is 0.142. The standard InChI is InChI=1S/C21H13F3N2O3/c22-21(23,24)12-2-1-3-13(10-12)25-19-17-11-16(28)8-9-18(17)26(20(19)29)14-4-6-15(27)7-5-14/h1-11,27-28H/b25-19-. The second kappa shape index (κ2) is 6.66. The molecule has 3 aromatic carbocycles. The number of phenols is 2. The minimum Gasteiger partial charge on any atom is -0.508 e. The number of aliphatic imine (C=N–C) groups is 1. The third kappa shape index (κ3) is 3.40. The Morgan fingerprint density at radius 1 is 0.862 bits per heavy atom. The summed E-state index contributed by atoms with van der Waals surface area (Å²) in [4.78, 5) is 18.5. The van der Waals surface area contributed by atoms with Crippen LogP contribution < -0.4 is 4.90 Å². The highest BCUT2D eigenvalue weighted by atomic mass is 19.4. The van der Waals surface area contributed by atoms with Crippen LogP contribution in [-0.2, 0) is 11.0 Å². The lowest BCUT2D eigenvalue weighted by molar-refractivity contribution is -0.137. The molecule has 8 heteroatoms. The Bertz CT molecular complexity index is 1140. The van der Waals surface area contributed by atoms with Crippen LogP contribution in [0.5, 0.6) is 11.5 Å². The molecule has 0 saturated carbocycles. The number of anilines is 2. The lowest BCUT2D eigenvalue weighted by Crippen LogP contribution is -2.25. The van der Waals surface area contributed by atoms with E-state index in [2.05, 4.69) is 4.99 Å². The number of carbonyl (C=O) groups excluding carboxylic acids is 1. The number of halogens is 3. The Morgan fingerprint density at radius 3 is 2.24 bits per heavy atom. The third-order valence-corrected chi connectivity index (χ3v) is 4.40. The molecule has 0 fully saturated rings. The number of aromatic hydroxyl groups is 2. The van der Waals surface area contributed by atoms with Gasteiger partial charge in [0.15, 0.2) is 0 Å². The van der Waals surface area contributed by atoms with E-state index >= 15 is 0 Å². The minimum atomic E-state index is -4.54. The fourth-order valence-corrected chi connectivity index (χ4v) is 3.09. The van der Waals surface area contributed by atoms with Crippen molar-refractivity contribution in [3.63, 3.8) is 0 Å². The molecule has 1 aliphatic heterocycles. The summed E-state index contributed by atoms with van der Waals surface area (Å²) in [6, 6.07) is 14.5. The fraction of sp³-hybridized carbons (Fsp3) is 0.0476. The lowest BCUT2D eigenvalue weighted by atomic mass is 10.1. The Kier molecular flexibility index (Phi) is 4.26. The maximum absolute atomic E-state index is 13.1. The van der Waals surface area contributed by atoms with Gasteiger partial charge in [-0.3, -0.25) is 9.69 Å². The summed E-state index contributed by atoms with van der Waals surface area (Å²) in [5.74, 6) is -0.654. The van der Waals surface area contributed by atoms with Crippen molar-refractivity contribution in [1.82, 2.24) is 0 Å². The van der Waals surface area contributed by atoms with Gasteiger partial charge in [-0.25, -0.2) is 4.99 Å². The van der Waals surface area contributed by atoms with Crippen LogP contribution in [0.15, 0.2) is 71.7 Å². The molecule has 146 valence electrons. The van der Waals surface area contributed by atoms with Crippen molar-refractivity contribution < 1.29 is 28.2 Å². The third-order valence-electron chi connectivity index (χ3n) is 4.40. The molecule has 1 heterocycles. The highest BCUT2D eigenvalue weighted by molar-refractivity contribution is 6.56. The monoisotopic (exact) mass is 398 g/mol.